The predicted molar refractivity (Wildman–Crippen MR) is 67.7 cm³/mol. The monoisotopic (exact) mass is 251 g/mol. The first-order chi connectivity index (χ1) is 8.74. The molecule has 100 valence electrons. The number of hydrogen-bond acceptors (Lipinski definition) is 4. The quantitative estimate of drug-likeness (QED) is 0.792. The van der Waals surface area contributed by atoms with Crippen molar-refractivity contribution in [3.05, 3.63) is 12.2 Å². The molecule has 1 aromatic heterocycles. The van der Waals surface area contributed by atoms with Crippen molar-refractivity contribution in [1.82, 2.24) is 25.4 Å². The van der Waals surface area contributed by atoms with E-state index in [1.54, 1.807) is 11.0 Å². The Labute approximate surface area is 107 Å². The van der Waals surface area contributed by atoms with Crippen LogP contribution in [0.2, 0.25) is 0 Å². The molecule has 1 saturated heterocycles. The molecule has 6 nitrogen and oxygen atoms in total. The Morgan fingerprint density at radius 1 is 1.61 bits per heavy atom. The highest BCUT2D eigenvalue weighted by molar-refractivity contribution is 5.75. The van der Waals surface area contributed by atoms with Gasteiger partial charge in [0.05, 0.1) is 6.54 Å². The lowest BCUT2D eigenvalue weighted by Crippen LogP contribution is -2.35. The van der Waals surface area contributed by atoms with Crippen LogP contribution in [-0.4, -0.2) is 33.3 Å². The van der Waals surface area contributed by atoms with Gasteiger partial charge in [0.1, 0.15) is 6.33 Å². The summed E-state index contributed by atoms with van der Waals surface area (Å²) in [4.78, 5) is 15.7. The van der Waals surface area contributed by atoms with E-state index in [0.29, 0.717) is 24.8 Å². The molecule has 6 heteroatoms. The zero-order valence-corrected chi connectivity index (χ0v) is 10.9. The molecular formula is C12H21N5O. The molecule has 1 atom stereocenters. The van der Waals surface area contributed by atoms with Crippen LogP contribution >= 0.6 is 0 Å². The molecule has 2 rings (SSSR count). The molecule has 1 aliphatic rings. The van der Waals surface area contributed by atoms with Gasteiger partial charge in [0, 0.05) is 19.5 Å². The number of amides is 1. The van der Waals surface area contributed by atoms with E-state index >= 15 is 0 Å². The number of hydrogen-bond donors (Lipinski definition) is 2. The first-order valence-electron chi connectivity index (χ1n) is 6.58. The summed E-state index contributed by atoms with van der Waals surface area (Å²) in [5.74, 6) is 0.733. The van der Waals surface area contributed by atoms with E-state index in [-0.39, 0.29) is 5.91 Å². The third kappa shape index (κ3) is 4.10. The lowest BCUT2D eigenvalue weighted by Gasteiger charge is -2.22. The minimum Gasteiger partial charge on any atom is -0.349 e. The van der Waals surface area contributed by atoms with Gasteiger partial charge < -0.3 is 10.6 Å². The van der Waals surface area contributed by atoms with Gasteiger partial charge in [-0.25, -0.2) is 4.98 Å². The van der Waals surface area contributed by atoms with Gasteiger partial charge in [-0.1, -0.05) is 6.42 Å². The second-order valence-corrected chi connectivity index (χ2v) is 4.80. The second kappa shape index (κ2) is 6.49. The molecule has 1 unspecified atom stereocenters. The summed E-state index contributed by atoms with van der Waals surface area (Å²) in [6.45, 7) is 1.50. The van der Waals surface area contributed by atoms with Crippen molar-refractivity contribution in [3.8, 4) is 0 Å². The van der Waals surface area contributed by atoms with Gasteiger partial charge in [0.2, 0.25) is 5.91 Å². The largest absolute Gasteiger partial charge is 0.349 e. The summed E-state index contributed by atoms with van der Waals surface area (Å²) in [7, 11) is 1.81. The topological polar surface area (TPSA) is 71.8 Å². The van der Waals surface area contributed by atoms with Crippen LogP contribution in [0.4, 0.5) is 0 Å². The van der Waals surface area contributed by atoms with Gasteiger partial charge in [-0.2, -0.15) is 5.10 Å². The number of nitrogens with one attached hydrogen (secondary N) is 2. The average molecular weight is 251 g/mol. The molecule has 1 amide bonds. The Morgan fingerprint density at radius 2 is 2.50 bits per heavy atom. The maximum atomic E-state index is 11.7. The summed E-state index contributed by atoms with van der Waals surface area (Å²) in [6, 6.07) is 0.512. The van der Waals surface area contributed by atoms with E-state index in [1.165, 1.54) is 19.3 Å². The van der Waals surface area contributed by atoms with Crippen LogP contribution in [0.1, 0.15) is 37.9 Å². The van der Waals surface area contributed by atoms with Crippen molar-refractivity contribution >= 4 is 5.91 Å². The SMILES string of the molecule is Cn1cnc(CNC(=O)CCC2CCCCN2)n1. The van der Waals surface area contributed by atoms with Crippen molar-refractivity contribution in [3.63, 3.8) is 0 Å². The van der Waals surface area contributed by atoms with Crippen LogP contribution in [0.5, 0.6) is 0 Å². The Morgan fingerprint density at radius 3 is 3.17 bits per heavy atom. The molecule has 0 aromatic carbocycles. The van der Waals surface area contributed by atoms with Gasteiger partial charge in [-0.15, -0.1) is 0 Å². The predicted octanol–water partition coefficient (Wildman–Crippen LogP) is 0.354. The van der Waals surface area contributed by atoms with Crippen LogP contribution in [-0.2, 0) is 18.4 Å². The minimum atomic E-state index is 0.0785. The van der Waals surface area contributed by atoms with Crippen molar-refractivity contribution in [2.45, 2.75) is 44.7 Å². The molecule has 0 bridgehead atoms. The van der Waals surface area contributed by atoms with E-state index in [2.05, 4.69) is 20.7 Å². The first kappa shape index (κ1) is 13.0. The standard InChI is InChI=1S/C12H21N5O/c1-17-9-15-11(16-17)8-14-12(18)6-5-10-4-2-3-7-13-10/h9-10,13H,2-8H2,1H3,(H,14,18). The fourth-order valence-corrected chi connectivity index (χ4v) is 2.21. The van der Waals surface area contributed by atoms with E-state index in [1.807, 2.05) is 7.05 Å². The number of aryl methyl sites for hydroxylation is 1. The van der Waals surface area contributed by atoms with Gasteiger partial charge >= 0.3 is 0 Å². The van der Waals surface area contributed by atoms with E-state index < -0.39 is 0 Å². The molecule has 1 aromatic rings. The lowest BCUT2D eigenvalue weighted by atomic mass is 10.0. The number of piperidine rings is 1. The normalized spacial score (nSPS) is 19.7. The Kier molecular flexibility index (Phi) is 4.69. The van der Waals surface area contributed by atoms with Crippen LogP contribution in [0.3, 0.4) is 0 Å². The molecule has 18 heavy (non-hydrogen) atoms. The maximum absolute atomic E-state index is 11.7. The van der Waals surface area contributed by atoms with E-state index in [0.717, 1.165) is 13.0 Å². The van der Waals surface area contributed by atoms with E-state index in [9.17, 15) is 4.79 Å². The van der Waals surface area contributed by atoms with Gasteiger partial charge in [-0.05, 0) is 25.8 Å². The van der Waals surface area contributed by atoms with E-state index in [4.69, 9.17) is 0 Å². The Hall–Kier alpha value is -1.43. The van der Waals surface area contributed by atoms with Crippen LogP contribution in [0, 0.1) is 0 Å². The van der Waals surface area contributed by atoms with Crippen molar-refractivity contribution in [2.24, 2.45) is 7.05 Å². The maximum Gasteiger partial charge on any atom is 0.220 e. The van der Waals surface area contributed by atoms with Crippen LogP contribution in [0.15, 0.2) is 6.33 Å². The summed E-state index contributed by atoms with van der Waals surface area (Å²) in [6.07, 6.45) is 6.85. The van der Waals surface area contributed by atoms with Crippen molar-refractivity contribution in [1.29, 1.82) is 0 Å². The molecule has 0 spiro atoms. The summed E-state index contributed by atoms with van der Waals surface area (Å²) in [5, 5.41) is 10.4. The minimum absolute atomic E-state index is 0.0785. The summed E-state index contributed by atoms with van der Waals surface area (Å²) < 4.78 is 1.63. The number of rotatable bonds is 5. The number of carbonyl (C=O) groups excluding carboxylic acids is 1. The highest BCUT2D eigenvalue weighted by Gasteiger charge is 2.14. The van der Waals surface area contributed by atoms with Gasteiger partial charge in [0.15, 0.2) is 5.82 Å². The Bertz CT molecular complexity index is 384. The zero-order chi connectivity index (χ0) is 12.8. The molecule has 1 aliphatic heterocycles. The summed E-state index contributed by atoms with van der Waals surface area (Å²) >= 11 is 0. The molecule has 0 aliphatic carbocycles. The lowest BCUT2D eigenvalue weighted by molar-refractivity contribution is -0.121. The summed E-state index contributed by atoms with van der Waals surface area (Å²) in [5.41, 5.74) is 0. The molecule has 0 saturated carbocycles. The highest BCUT2D eigenvalue weighted by atomic mass is 16.1. The fourth-order valence-electron chi connectivity index (χ4n) is 2.21. The molecule has 0 radical (unpaired) electrons. The Balaban J connectivity index is 1.62. The average Bonchev–Trinajstić information content (AvgIpc) is 2.81. The fraction of sp³-hybridized carbons (Fsp3) is 0.750. The number of nitrogens with zero attached hydrogens (tertiary/aromatic N) is 3. The third-order valence-electron chi connectivity index (χ3n) is 3.22. The smallest absolute Gasteiger partial charge is 0.220 e. The second-order valence-electron chi connectivity index (χ2n) is 4.80. The van der Waals surface area contributed by atoms with Gasteiger partial charge in [0.25, 0.3) is 0 Å². The number of carbonyl (C=O) groups is 1. The molecule has 2 heterocycles. The van der Waals surface area contributed by atoms with Crippen molar-refractivity contribution < 1.29 is 4.79 Å². The molecule has 2 N–H and O–H groups in total. The molecular weight excluding hydrogens is 230 g/mol. The highest BCUT2D eigenvalue weighted by Crippen LogP contribution is 2.11. The third-order valence-corrected chi connectivity index (χ3v) is 3.22. The first-order valence-corrected chi connectivity index (χ1v) is 6.58. The van der Waals surface area contributed by atoms with Crippen molar-refractivity contribution in [2.75, 3.05) is 6.54 Å². The van der Waals surface area contributed by atoms with Crippen LogP contribution in [0.25, 0.3) is 0 Å². The zero-order valence-electron chi connectivity index (χ0n) is 10.9. The number of aromatic nitrogens is 3. The van der Waals surface area contributed by atoms with Crippen LogP contribution < -0.4 is 10.6 Å². The molecule has 1 fully saturated rings. The van der Waals surface area contributed by atoms with Gasteiger partial charge in [-0.3, -0.25) is 9.48 Å².